The second-order valence-corrected chi connectivity index (χ2v) is 9.07. The lowest BCUT2D eigenvalue weighted by molar-refractivity contribution is 0.174. The van der Waals surface area contributed by atoms with Gasteiger partial charge < -0.3 is 18.6 Å². The van der Waals surface area contributed by atoms with E-state index in [1.54, 1.807) is 36.4 Å². The maximum Gasteiger partial charge on any atom is 0.243 e. The van der Waals surface area contributed by atoms with Crippen LogP contribution in [0, 0.1) is 0 Å². The number of hydrogen-bond acceptors (Lipinski definition) is 9. The van der Waals surface area contributed by atoms with Gasteiger partial charge in [0.15, 0.2) is 11.5 Å². The van der Waals surface area contributed by atoms with Gasteiger partial charge in [0, 0.05) is 12.6 Å². The van der Waals surface area contributed by atoms with Crippen LogP contribution in [-0.4, -0.2) is 46.8 Å². The molecule has 3 heterocycles. The highest BCUT2D eigenvalue weighted by molar-refractivity contribution is 7.89. The van der Waals surface area contributed by atoms with Gasteiger partial charge in [-0.15, -0.1) is 5.10 Å². The van der Waals surface area contributed by atoms with Crippen molar-refractivity contribution in [2.75, 3.05) is 13.9 Å². The highest BCUT2D eigenvalue weighted by atomic mass is 32.2. The Bertz CT molecular complexity index is 1360. The van der Waals surface area contributed by atoms with Gasteiger partial charge in [0.05, 0.1) is 24.8 Å². The molecule has 170 valence electrons. The van der Waals surface area contributed by atoms with E-state index in [-0.39, 0.29) is 24.8 Å². The Morgan fingerprint density at radius 3 is 2.73 bits per heavy atom. The van der Waals surface area contributed by atoms with Gasteiger partial charge in [0.1, 0.15) is 23.5 Å². The van der Waals surface area contributed by atoms with Crippen LogP contribution in [0.1, 0.15) is 11.3 Å². The van der Waals surface area contributed by atoms with Crippen molar-refractivity contribution in [2.24, 2.45) is 0 Å². The van der Waals surface area contributed by atoms with Crippen molar-refractivity contribution in [2.45, 2.75) is 18.0 Å². The fourth-order valence-corrected chi connectivity index (χ4v) is 4.88. The molecule has 0 unspecified atom stereocenters. The van der Waals surface area contributed by atoms with Gasteiger partial charge in [-0.05, 0) is 52.4 Å². The molecular formula is C21H19N5O6S. The molecule has 12 heteroatoms. The van der Waals surface area contributed by atoms with Crippen molar-refractivity contribution in [3.63, 3.8) is 0 Å². The minimum absolute atomic E-state index is 0.0425. The average Bonchev–Trinajstić information content (AvgIpc) is 3.60. The van der Waals surface area contributed by atoms with Crippen molar-refractivity contribution in [1.82, 2.24) is 24.5 Å². The van der Waals surface area contributed by atoms with Gasteiger partial charge in [-0.1, -0.05) is 6.07 Å². The fourth-order valence-electron chi connectivity index (χ4n) is 3.47. The largest absolute Gasteiger partial charge is 0.494 e. The molecule has 0 fully saturated rings. The zero-order chi connectivity index (χ0) is 22.8. The summed E-state index contributed by atoms with van der Waals surface area (Å²) >= 11 is 0. The summed E-state index contributed by atoms with van der Waals surface area (Å²) < 4.78 is 51.7. The summed E-state index contributed by atoms with van der Waals surface area (Å²) in [4.78, 5) is 0.0588. The second-order valence-electron chi connectivity index (χ2n) is 7.13. The number of furan rings is 1. The quantitative estimate of drug-likeness (QED) is 0.383. The van der Waals surface area contributed by atoms with Gasteiger partial charge in [-0.3, -0.25) is 0 Å². The van der Waals surface area contributed by atoms with E-state index in [4.69, 9.17) is 18.6 Å². The molecule has 1 aliphatic heterocycles. The van der Waals surface area contributed by atoms with Crippen LogP contribution in [0.15, 0.2) is 70.4 Å². The zero-order valence-electron chi connectivity index (χ0n) is 17.5. The van der Waals surface area contributed by atoms with Crippen LogP contribution < -0.4 is 14.2 Å². The molecule has 0 saturated carbocycles. The Balaban J connectivity index is 1.51. The first-order valence-corrected chi connectivity index (χ1v) is 11.3. The maximum absolute atomic E-state index is 13.7. The highest BCUT2D eigenvalue weighted by Gasteiger charge is 2.28. The normalized spacial score (nSPS) is 12.9. The van der Waals surface area contributed by atoms with Crippen molar-refractivity contribution in [3.8, 4) is 22.9 Å². The molecule has 0 atom stereocenters. The van der Waals surface area contributed by atoms with Crippen molar-refractivity contribution >= 4 is 10.0 Å². The molecule has 1 aliphatic rings. The Labute approximate surface area is 189 Å². The van der Waals surface area contributed by atoms with E-state index in [0.29, 0.717) is 28.7 Å². The third-order valence-electron chi connectivity index (χ3n) is 5.09. The first kappa shape index (κ1) is 21.0. The Hall–Kier alpha value is -3.90. The van der Waals surface area contributed by atoms with Crippen LogP contribution in [0.25, 0.3) is 5.69 Å². The number of hydrogen-bond donors (Lipinski definition) is 0. The number of sulfonamides is 1. The predicted molar refractivity (Wildman–Crippen MR) is 113 cm³/mol. The standard InChI is InChI=1S/C21H19N5O6S/c1-29-20-10-17(5-6-18(20)26-13-22-23-24-26)33(27,28)25(12-16-3-2-8-30-16)11-15-4-7-19-21(9-15)32-14-31-19/h2-10,13H,11-12,14H2,1H3. The molecule has 0 aliphatic carbocycles. The first-order chi connectivity index (χ1) is 16.0. The number of methoxy groups -OCH3 is 1. The highest BCUT2D eigenvalue weighted by Crippen LogP contribution is 2.34. The Morgan fingerprint density at radius 1 is 1.09 bits per heavy atom. The molecule has 11 nitrogen and oxygen atoms in total. The molecular weight excluding hydrogens is 450 g/mol. The van der Waals surface area contributed by atoms with Crippen LogP contribution in [-0.2, 0) is 23.1 Å². The van der Waals surface area contributed by atoms with Gasteiger partial charge in [0.2, 0.25) is 16.8 Å². The van der Waals surface area contributed by atoms with Gasteiger partial charge in [0.25, 0.3) is 0 Å². The van der Waals surface area contributed by atoms with Gasteiger partial charge >= 0.3 is 0 Å². The maximum atomic E-state index is 13.7. The molecule has 4 aromatic rings. The Morgan fingerprint density at radius 2 is 1.97 bits per heavy atom. The molecule has 0 radical (unpaired) electrons. The average molecular weight is 469 g/mol. The number of fused-ring (bicyclic) bond motifs is 1. The van der Waals surface area contributed by atoms with Crippen molar-refractivity contribution < 1.29 is 27.0 Å². The first-order valence-electron chi connectivity index (χ1n) is 9.87. The Kier molecular flexibility index (Phi) is 5.44. The summed E-state index contributed by atoms with van der Waals surface area (Å²) in [5.74, 6) is 2.03. The molecule has 0 amide bonds. The topological polar surface area (TPSA) is 122 Å². The predicted octanol–water partition coefficient (Wildman–Crippen LogP) is 2.38. The number of tetrazole rings is 1. The van der Waals surface area contributed by atoms with E-state index in [9.17, 15) is 8.42 Å². The summed E-state index contributed by atoms with van der Waals surface area (Å²) in [6.07, 6.45) is 2.90. The molecule has 0 bridgehead atoms. The lowest BCUT2D eigenvalue weighted by Crippen LogP contribution is -2.30. The fraction of sp³-hybridized carbons (Fsp3) is 0.190. The number of nitrogens with zero attached hydrogens (tertiary/aromatic N) is 5. The molecule has 0 N–H and O–H groups in total. The van der Waals surface area contributed by atoms with Crippen LogP contribution in [0.3, 0.4) is 0 Å². The molecule has 2 aromatic heterocycles. The van der Waals surface area contributed by atoms with E-state index in [1.807, 2.05) is 0 Å². The van der Waals surface area contributed by atoms with E-state index in [1.165, 1.54) is 40.8 Å². The van der Waals surface area contributed by atoms with Gasteiger partial charge in [-0.25, -0.2) is 8.42 Å². The van der Waals surface area contributed by atoms with E-state index >= 15 is 0 Å². The van der Waals surface area contributed by atoms with E-state index in [2.05, 4.69) is 15.5 Å². The number of rotatable bonds is 8. The lowest BCUT2D eigenvalue weighted by Gasteiger charge is -2.22. The zero-order valence-corrected chi connectivity index (χ0v) is 18.3. The lowest BCUT2D eigenvalue weighted by atomic mass is 10.2. The van der Waals surface area contributed by atoms with Crippen LogP contribution in [0.2, 0.25) is 0 Å². The summed E-state index contributed by atoms with van der Waals surface area (Å²) in [6, 6.07) is 13.3. The molecule has 33 heavy (non-hydrogen) atoms. The van der Waals surface area contributed by atoms with Crippen molar-refractivity contribution in [1.29, 1.82) is 0 Å². The monoisotopic (exact) mass is 469 g/mol. The third kappa shape index (κ3) is 4.13. The van der Waals surface area contributed by atoms with Crippen LogP contribution in [0.5, 0.6) is 17.2 Å². The van der Waals surface area contributed by atoms with Crippen molar-refractivity contribution in [3.05, 3.63) is 72.4 Å². The third-order valence-corrected chi connectivity index (χ3v) is 6.88. The molecule has 2 aromatic carbocycles. The van der Waals surface area contributed by atoms with E-state index in [0.717, 1.165) is 5.56 Å². The minimum Gasteiger partial charge on any atom is -0.494 e. The number of ether oxygens (including phenoxy) is 3. The summed E-state index contributed by atoms with van der Waals surface area (Å²) in [7, 11) is -2.50. The molecule has 5 rings (SSSR count). The van der Waals surface area contributed by atoms with E-state index < -0.39 is 10.0 Å². The minimum atomic E-state index is -3.95. The number of aromatic nitrogens is 4. The second kappa shape index (κ2) is 8.56. The SMILES string of the molecule is COc1cc(S(=O)(=O)N(Cc2ccc3c(c2)OCO3)Cc2ccco2)ccc1-n1cnnn1. The number of benzene rings is 2. The summed E-state index contributed by atoms with van der Waals surface area (Å²) in [6.45, 7) is 0.276. The smallest absolute Gasteiger partial charge is 0.243 e. The van der Waals surface area contributed by atoms with Crippen LogP contribution >= 0.6 is 0 Å². The summed E-state index contributed by atoms with van der Waals surface area (Å²) in [5.41, 5.74) is 1.25. The van der Waals surface area contributed by atoms with Crippen LogP contribution in [0.4, 0.5) is 0 Å². The van der Waals surface area contributed by atoms with Gasteiger partial charge in [-0.2, -0.15) is 8.99 Å². The summed E-state index contributed by atoms with van der Waals surface area (Å²) in [5, 5.41) is 11.1. The molecule has 0 spiro atoms. The molecule has 0 saturated heterocycles.